The fourth-order valence-electron chi connectivity index (χ4n) is 1.26. The van der Waals surface area contributed by atoms with Crippen molar-refractivity contribution in [2.45, 2.75) is 6.92 Å². The van der Waals surface area contributed by atoms with Crippen molar-refractivity contribution in [3.8, 4) is 11.3 Å². The van der Waals surface area contributed by atoms with Gasteiger partial charge in [-0.2, -0.15) is 0 Å². The number of pyridine rings is 1. The molecule has 0 atom stereocenters. The Morgan fingerprint density at radius 3 is 2.93 bits per heavy atom. The molecule has 0 aromatic carbocycles. The zero-order chi connectivity index (χ0) is 9.97. The van der Waals surface area contributed by atoms with Crippen LogP contribution in [0, 0.1) is 6.92 Å². The SMILES string of the molecule is Cc1cc(-c2cc(NN)ccn2)cs1. The highest BCUT2D eigenvalue weighted by molar-refractivity contribution is 7.10. The van der Waals surface area contributed by atoms with Crippen LogP contribution >= 0.6 is 11.3 Å². The van der Waals surface area contributed by atoms with Crippen LogP contribution in [0.4, 0.5) is 5.69 Å². The fourth-order valence-corrected chi connectivity index (χ4v) is 1.95. The molecule has 0 bridgehead atoms. The van der Waals surface area contributed by atoms with Gasteiger partial charge in [-0.25, -0.2) is 0 Å². The van der Waals surface area contributed by atoms with E-state index in [4.69, 9.17) is 5.84 Å². The lowest BCUT2D eigenvalue weighted by Gasteiger charge is -2.01. The van der Waals surface area contributed by atoms with Gasteiger partial charge in [-0.05, 0) is 25.1 Å². The molecule has 0 amide bonds. The Hall–Kier alpha value is -1.39. The van der Waals surface area contributed by atoms with Crippen molar-refractivity contribution in [2.24, 2.45) is 5.84 Å². The van der Waals surface area contributed by atoms with Crippen LogP contribution in [-0.4, -0.2) is 4.98 Å². The zero-order valence-electron chi connectivity index (χ0n) is 7.82. The minimum absolute atomic E-state index is 0.874. The van der Waals surface area contributed by atoms with Crippen molar-refractivity contribution >= 4 is 17.0 Å². The summed E-state index contributed by atoms with van der Waals surface area (Å²) < 4.78 is 0. The average Bonchev–Trinajstić information content (AvgIpc) is 2.65. The van der Waals surface area contributed by atoms with Crippen LogP contribution in [0.1, 0.15) is 4.88 Å². The van der Waals surface area contributed by atoms with E-state index in [9.17, 15) is 0 Å². The number of hydrogen-bond donors (Lipinski definition) is 2. The van der Waals surface area contributed by atoms with Gasteiger partial charge in [-0.3, -0.25) is 10.8 Å². The maximum Gasteiger partial charge on any atom is 0.0731 e. The van der Waals surface area contributed by atoms with Gasteiger partial charge in [0.1, 0.15) is 0 Å². The second-order valence-corrected chi connectivity index (χ2v) is 4.14. The van der Waals surface area contributed by atoms with E-state index in [1.165, 1.54) is 4.88 Å². The average molecular weight is 205 g/mol. The highest BCUT2D eigenvalue weighted by Crippen LogP contribution is 2.24. The van der Waals surface area contributed by atoms with Gasteiger partial charge in [0.25, 0.3) is 0 Å². The second-order valence-electron chi connectivity index (χ2n) is 3.02. The number of aryl methyl sites for hydroxylation is 1. The molecule has 72 valence electrons. The van der Waals surface area contributed by atoms with E-state index in [0.717, 1.165) is 16.9 Å². The topological polar surface area (TPSA) is 50.9 Å². The molecule has 0 spiro atoms. The van der Waals surface area contributed by atoms with Gasteiger partial charge < -0.3 is 5.43 Å². The molecule has 2 heterocycles. The van der Waals surface area contributed by atoms with Crippen LogP contribution < -0.4 is 11.3 Å². The number of hydrazine groups is 1. The molecule has 0 aliphatic heterocycles. The lowest BCUT2D eigenvalue weighted by atomic mass is 10.2. The van der Waals surface area contributed by atoms with Gasteiger partial charge in [0.2, 0.25) is 0 Å². The van der Waals surface area contributed by atoms with Crippen LogP contribution in [0.5, 0.6) is 0 Å². The predicted octanol–water partition coefficient (Wildman–Crippen LogP) is 2.40. The summed E-state index contributed by atoms with van der Waals surface area (Å²) in [6.45, 7) is 2.08. The molecule has 14 heavy (non-hydrogen) atoms. The van der Waals surface area contributed by atoms with E-state index < -0.39 is 0 Å². The van der Waals surface area contributed by atoms with E-state index in [-0.39, 0.29) is 0 Å². The maximum atomic E-state index is 5.33. The van der Waals surface area contributed by atoms with E-state index in [0.29, 0.717) is 0 Å². The standard InChI is InChI=1S/C10H11N3S/c1-7-4-8(6-14-7)10-5-9(13-11)2-3-12-10/h2-6H,11H2,1H3,(H,12,13). The molecule has 0 radical (unpaired) electrons. The summed E-state index contributed by atoms with van der Waals surface area (Å²) in [5, 5.41) is 2.10. The number of aromatic nitrogens is 1. The molecule has 0 fully saturated rings. The van der Waals surface area contributed by atoms with Gasteiger partial charge >= 0.3 is 0 Å². The smallest absolute Gasteiger partial charge is 0.0731 e. The molecule has 0 saturated heterocycles. The van der Waals surface area contributed by atoms with E-state index in [1.54, 1.807) is 17.5 Å². The van der Waals surface area contributed by atoms with Gasteiger partial charge in [0, 0.05) is 22.0 Å². The number of anilines is 1. The second kappa shape index (κ2) is 3.77. The first-order chi connectivity index (χ1) is 6.79. The molecular weight excluding hydrogens is 194 g/mol. The largest absolute Gasteiger partial charge is 0.324 e. The first-order valence-corrected chi connectivity index (χ1v) is 5.16. The summed E-state index contributed by atoms with van der Waals surface area (Å²) in [6.07, 6.45) is 1.75. The molecule has 4 heteroatoms. The fraction of sp³-hybridized carbons (Fsp3) is 0.100. The summed E-state index contributed by atoms with van der Waals surface area (Å²) >= 11 is 1.72. The molecule has 2 rings (SSSR count). The Labute approximate surface area is 86.6 Å². The van der Waals surface area contributed by atoms with Crippen LogP contribution in [-0.2, 0) is 0 Å². The number of nitrogen functional groups attached to an aromatic ring is 1. The molecule has 2 aromatic heterocycles. The minimum Gasteiger partial charge on any atom is -0.324 e. The first-order valence-electron chi connectivity index (χ1n) is 4.28. The molecule has 3 nitrogen and oxygen atoms in total. The Kier molecular flexibility index (Phi) is 2.47. The van der Waals surface area contributed by atoms with Gasteiger partial charge in [0.15, 0.2) is 0 Å². The minimum atomic E-state index is 0.874. The lowest BCUT2D eigenvalue weighted by Crippen LogP contribution is -2.06. The van der Waals surface area contributed by atoms with Crippen molar-refractivity contribution in [3.63, 3.8) is 0 Å². The maximum absolute atomic E-state index is 5.33. The summed E-state index contributed by atoms with van der Waals surface area (Å²) in [6, 6.07) is 5.89. The van der Waals surface area contributed by atoms with Crippen LogP contribution in [0.3, 0.4) is 0 Å². The molecule has 0 unspecified atom stereocenters. The Morgan fingerprint density at radius 2 is 2.29 bits per heavy atom. The highest BCUT2D eigenvalue weighted by Gasteiger charge is 2.01. The zero-order valence-corrected chi connectivity index (χ0v) is 8.64. The summed E-state index contributed by atoms with van der Waals surface area (Å²) in [5.41, 5.74) is 5.57. The van der Waals surface area contributed by atoms with Gasteiger partial charge in [-0.1, -0.05) is 0 Å². The Balaban J connectivity index is 2.41. The van der Waals surface area contributed by atoms with Crippen molar-refractivity contribution in [2.75, 3.05) is 5.43 Å². The predicted molar refractivity (Wildman–Crippen MR) is 60.1 cm³/mol. The quantitative estimate of drug-likeness (QED) is 0.584. The number of nitrogens with zero attached hydrogens (tertiary/aromatic N) is 1. The monoisotopic (exact) mass is 205 g/mol. The summed E-state index contributed by atoms with van der Waals surface area (Å²) in [7, 11) is 0. The van der Waals surface area contributed by atoms with Crippen LogP contribution in [0.2, 0.25) is 0 Å². The third kappa shape index (κ3) is 1.76. The van der Waals surface area contributed by atoms with Crippen molar-refractivity contribution < 1.29 is 0 Å². The van der Waals surface area contributed by atoms with Crippen molar-refractivity contribution in [3.05, 3.63) is 34.7 Å². The molecular formula is C10H11N3S. The highest BCUT2D eigenvalue weighted by atomic mass is 32.1. The number of thiophene rings is 1. The lowest BCUT2D eigenvalue weighted by molar-refractivity contribution is 1.29. The van der Waals surface area contributed by atoms with Crippen LogP contribution in [0.25, 0.3) is 11.3 Å². The third-order valence-electron chi connectivity index (χ3n) is 1.95. The van der Waals surface area contributed by atoms with Crippen LogP contribution in [0.15, 0.2) is 29.8 Å². The summed E-state index contributed by atoms with van der Waals surface area (Å²) in [4.78, 5) is 5.57. The van der Waals surface area contributed by atoms with E-state index in [1.807, 2.05) is 12.1 Å². The Morgan fingerprint density at radius 1 is 1.43 bits per heavy atom. The normalized spacial score (nSPS) is 10.1. The molecule has 0 saturated carbocycles. The number of nitrogens with two attached hydrogens (primary N) is 1. The first kappa shape index (κ1) is 9.18. The molecule has 0 aliphatic carbocycles. The number of rotatable bonds is 2. The summed E-state index contributed by atoms with van der Waals surface area (Å²) in [5.74, 6) is 5.33. The number of nitrogens with one attached hydrogen (secondary N) is 1. The van der Waals surface area contributed by atoms with Gasteiger partial charge in [0.05, 0.1) is 11.4 Å². The molecule has 3 N–H and O–H groups in total. The molecule has 2 aromatic rings. The van der Waals surface area contributed by atoms with E-state index in [2.05, 4.69) is 28.8 Å². The van der Waals surface area contributed by atoms with Crippen molar-refractivity contribution in [1.29, 1.82) is 0 Å². The molecule has 0 aliphatic rings. The van der Waals surface area contributed by atoms with E-state index >= 15 is 0 Å². The number of hydrogen-bond acceptors (Lipinski definition) is 4. The van der Waals surface area contributed by atoms with Crippen molar-refractivity contribution in [1.82, 2.24) is 4.98 Å². The third-order valence-corrected chi connectivity index (χ3v) is 2.81. The Bertz CT molecular complexity index is 436. The van der Waals surface area contributed by atoms with Gasteiger partial charge in [-0.15, -0.1) is 11.3 Å².